The fourth-order valence-corrected chi connectivity index (χ4v) is 0.874. The average Bonchev–Trinajstić information content (AvgIpc) is 2.26. The summed E-state index contributed by atoms with van der Waals surface area (Å²) in [5.74, 6) is 0. The molecule has 0 bridgehead atoms. The van der Waals surface area contributed by atoms with Gasteiger partial charge in [0.2, 0.25) is 0 Å². The third-order valence-corrected chi connectivity index (χ3v) is 1.37. The Morgan fingerprint density at radius 1 is 0.667 bits per heavy atom. The van der Waals surface area contributed by atoms with Crippen LogP contribution in [0.5, 0.6) is 0 Å². The van der Waals surface area contributed by atoms with Crippen LogP contribution in [-0.2, 0) is 35.4 Å². The van der Waals surface area contributed by atoms with E-state index in [1.807, 2.05) is 20.4 Å². The Morgan fingerprint density at radius 2 is 0.933 bits per heavy atom. The summed E-state index contributed by atoms with van der Waals surface area (Å²) >= 11 is 0. The molecule has 1 aliphatic carbocycles. The Labute approximate surface area is 106 Å². The van der Waals surface area contributed by atoms with E-state index in [4.69, 9.17) is 14.4 Å². The van der Waals surface area contributed by atoms with Gasteiger partial charge >= 0.3 is 0 Å². The van der Waals surface area contributed by atoms with Crippen molar-refractivity contribution in [2.24, 2.45) is 0 Å². The molecule has 0 aromatic heterocycles. The summed E-state index contributed by atoms with van der Waals surface area (Å²) in [6, 6.07) is 0. The van der Waals surface area contributed by atoms with Crippen LogP contribution in [0.25, 0.3) is 0 Å². The molecule has 15 heavy (non-hydrogen) atoms. The molecular weight excluding hydrogens is 276 g/mol. The molecule has 4 heteroatoms. The van der Waals surface area contributed by atoms with Crippen molar-refractivity contribution in [3.05, 3.63) is 24.3 Å². The van der Waals surface area contributed by atoms with Gasteiger partial charge in [-0.15, -0.1) is 0 Å². The van der Waals surface area contributed by atoms with E-state index in [2.05, 4.69) is 24.3 Å². The maximum Gasteiger partial charge on any atom is 0.106 e. The van der Waals surface area contributed by atoms with Gasteiger partial charge in [-0.05, 0) is 25.7 Å². The smallest absolute Gasteiger partial charge is 0.106 e. The molecule has 0 unspecified atom stereocenters. The molecule has 1 rings (SSSR count). The quantitative estimate of drug-likeness (QED) is 0.643. The van der Waals surface area contributed by atoms with Gasteiger partial charge in [-0.2, -0.15) is 0 Å². The van der Waals surface area contributed by atoms with Crippen LogP contribution in [0.4, 0.5) is 0 Å². The first kappa shape index (κ1) is 23.8. The summed E-state index contributed by atoms with van der Waals surface area (Å²) in [4.78, 5) is 24.0. The van der Waals surface area contributed by atoms with Crippen molar-refractivity contribution in [1.82, 2.24) is 0 Å². The number of rotatable bonds is 0. The van der Waals surface area contributed by atoms with Crippen LogP contribution in [0.3, 0.4) is 0 Å². The largest absolute Gasteiger partial charge is 0.307 e. The summed E-state index contributed by atoms with van der Waals surface area (Å²) in [7, 11) is 0. The van der Waals surface area contributed by atoms with Crippen molar-refractivity contribution in [2.75, 3.05) is 0 Å². The van der Waals surface area contributed by atoms with Gasteiger partial charge in [-0.3, -0.25) is 0 Å². The Balaban J connectivity index is -0.0000000755. The molecule has 0 radical (unpaired) electrons. The standard InChI is InChI=1S/C8H12.3CH2O.Mo/c1-2-4-6-8-7-5-3-1;3*1-2;/h1-4H,5-8H2;3*1H2;. The number of carbonyl (C=O) groups excluding carboxylic acids is 3. The van der Waals surface area contributed by atoms with Gasteiger partial charge < -0.3 is 14.4 Å². The van der Waals surface area contributed by atoms with Gasteiger partial charge in [-0.25, -0.2) is 0 Å². The van der Waals surface area contributed by atoms with E-state index in [0.29, 0.717) is 0 Å². The van der Waals surface area contributed by atoms with Crippen LogP contribution in [0.1, 0.15) is 25.7 Å². The molecule has 0 saturated carbocycles. The molecular formula is C11H18MoO3. The van der Waals surface area contributed by atoms with E-state index in [0.717, 1.165) is 0 Å². The number of allylic oxidation sites excluding steroid dienone is 4. The van der Waals surface area contributed by atoms with Crippen molar-refractivity contribution in [2.45, 2.75) is 25.7 Å². The maximum atomic E-state index is 8.00. The van der Waals surface area contributed by atoms with E-state index in [1.54, 1.807) is 0 Å². The minimum Gasteiger partial charge on any atom is -0.307 e. The van der Waals surface area contributed by atoms with Crippen LogP contribution in [-0.4, -0.2) is 20.4 Å². The maximum absolute atomic E-state index is 8.00. The van der Waals surface area contributed by atoms with Crippen molar-refractivity contribution in [3.8, 4) is 0 Å². The predicted molar refractivity (Wildman–Crippen MR) is 58.1 cm³/mol. The van der Waals surface area contributed by atoms with E-state index in [1.165, 1.54) is 25.7 Å². The number of carbonyl (C=O) groups is 3. The van der Waals surface area contributed by atoms with Gasteiger partial charge in [0.15, 0.2) is 0 Å². The van der Waals surface area contributed by atoms with Crippen molar-refractivity contribution >= 4 is 20.4 Å². The monoisotopic (exact) mass is 296 g/mol. The molecule has 1 aliphatic rings. The molecule has 0 heterocycles. The van der Waals surface area contributed by atoms with Crippen LogP contribution < -0.4 is 0 Å². The molecule has 0 atom stereocenters. The van der Waals surface area contributed by atoms with Crippen LogP contribution >= 0.6 is 0 Å². The Hall–Kier alpha value is -0.822. The predicted octanol–water partition coefficient (Wildman–Crippen LogP) is 2.12. The van der Waals surface area contributed by atoms with Gasteiger partial charge in [0.1, 0.15) is 20.4 Å². The zero-order valence-corrected chi connectivity index (χ0v) is 10.9. The van der Waals surface area contributed by atoms with Crippen molar-refractivity contribution in [3.63, 3.8) is 0 Å². The van der Waals surface area contributed by atoms with Crippen LogP contribution in [0.2, 0.25) is 0 Å². The van der Waals surface area contributed by atoms with Crippen LogP contribution in [0.15, 0.2) is 24.3 Å². The SMILES string of the molecule is C1=CCCCCC=C1.C=O.C=O.C=O.[Mo]. The van der Waals surface area contributed by atoms with E-state index in [-0.39, 0.29) is 21.1 Å². The fourth-order valence-electron chi connectivity index (χ4n) is 0.874. The summed E-state index contributed by atoms with van der Waals surface area (Å²) in [6.45, 7) is 6.00. The Morgan fingerprint density at radius 3 is 1.20 bits per heavy atom. The second-order valence-electron chi connectivity index (χ2n) is 2.14. The summed E-state index contributed by atoms with van der Waals surface area (Å²) < 4.78 is 0. The Kier molecular flexibility index (Phi) is 60.1. The molecule has 0 amide bonds. The number of hydrogen-bond donors (Lipinski definition) is 0. The molecule has 0 aromatic rings. The van der Waals surface area contributed by atoms with Crippen LogP contribution in [0, 0.1) is 0 Å². The molecule has 0 aliphatic heterocycles. The normalized spacial score (nSPS) is 11.5. The van der Waals surface area contributed by atoms with Crippen molar-refractivity contribution in [1.29, 1.82) is 0 Å². The second kappa shape index (κ2) is 37.9. The third kappa shape index (κ3) is 32.0. The minimum absolute atomic E-state index is 0. The number of hydrogen-bond acceptors (Lipinski definition) is 3. The molecule has 3 nitrogen and oxygen atoms in total. The van der Waals surface area contributed by atoms with E-state index in [9.17, 15) is 0 Å². The third-order valence-electron chi connectivity index (χ3n) is 1.37. The van der Waals surface area contributed by atoms with Gasteiger partial charge in [0, 0.05) is 21.1 Å². The topological polar surface area (TPSA) is 51.2 Å². The van der Waals surface area contributed by atoms with Gasteiger partial charge in [0.05, 0.1) is 0 Å². The molecule has 0 N–H and O–H groups in total. The first-order valence-electron chi connectivity index (χ1n) is 4.18. The van der Waals surface area contributed by atoms with E-state index >= 15 is 0 Å². The molecule has 0 saturated heterocycles. The first-order chi connectivity index (χ1) is 7.00. The minimum atomic E-state index is 0. The summed E-state index contributed by atoms with van der Waals surface area (Å²) in [5.41, 5.74) is 0. The molecule has 0 aromatic carbocycles. The molecule has 0 fully saturated rings. The summed E-state index contributed by atoms with van der Waals surface area (Å²) in [5, 5.41) is 0. The van der Waals surface area contributed by atoms with Crippen molar-refractivity contribution < 1.29 is 35.4 Å². The van der Waals surface area contributed by atoms with E-state index < -0.39 is 0 Å². The zero-order chi connectivity index (χ0) is 11.7. The Bertz CT molecular complexity index is 128. The summed E-state index contributed by atoms with van der Waals surface area (Å²) in [6.07, 6.45) is 14.0. The second-order valence-corrected chi connectivity index (χ2v) is 2.14. The van der Waals surface area contributed by atoms with Gasteiger partial charge in [0.25, 0.3) is 0 Å². The van der Waals surface area contributed by atoms with Gasteiger partial charge in [-0.1, -0.05) is 24.3 Å². The first-order valence-corrected chi connectivity index (χ1v) is 4.18. The molecule has 0 spiro atoms. The fraction of sp³-hybridized carbons (Fsp3) is 0.364. The zero-order valence-electron chi connectivity index (χ0n) is 8.89. The molecule has 86 valence electrons. The average molecular weight is 294 g/mol.